The van der Waals surface area contributed by atoms with Crippen LogP contribution in [0.1, 0.15) is 12.0 Å². The summed E-state index contributed by atoms with van der Waals surface area (Å²) in [6, 6.07) is 11.1. The molecule has 0 N–H and O–H groups in total. The number of hydrogen-bond donors (Lipinski definition) is 0. The summed E-state index contributed by atoms with van der Waals surface area (Å²) in [4.78, 5) is 8.16. The number of hydrogen-bond acceptors (Lipinski definition) is 3. The summed E-state index contributed by atoms with van der Waals surface area (Å²) in [5.74, 6) is 1.17. The molecular weight excluding hydrogens is 212 g/mol. The second-order valence-electron chi connectivity index (χ2n) is 5.44. The molecule has 4 atom stereocenters. The first-order valence-electron chi connectivity index (χ1n) is 6.34. The summed E-state index contributed by atoms with van der Waals surface area (Å²) in [5.41, 5.74) is 2.38. The molecule has 2 bridgehead atoms. The van der Waals surface area contributed by atoms with Crippen LogP contribution in [0.3, 0.4) is 0 Å². The van der Waals surface area contributed by atoms with Crippen LogP contribution in [0.2, 0.25) is 0 Å². The highest BCUT2D eigenvalue weighted by Gasteiger charge is 2.56. The topological polar surface area (TPSA) is 24.8 Å². The molecule has 2 fully saturated rings. The van der Waals surface area contributed by atoms with Crippen molar-refractivity contribution in [1.29, 1.82) is 0 Å². The lowest BCUT2D eigenvalue weighted by Crippen LogP contribution is -2.44. The normalized spacial score (nSPS) is 39.0. The molecule has 1 aromatic rings. The van der Waals surface area contributed by atoms with E-state index in [9.17, 15) is 0 Å². The molecule has 0 radical (unpaired) electrons. The minimum atomic E-state index is 0.339. The first-order valence-corrected chi connectivity index (χ1v) is 6.34. The second kappa shape index (κ2) is 3.33. The zero-order chi connectivity index (χ0) is 11.4. The van der Waals surface area contributed by atoms with E-state index in [1.165, 1.54) is 18.5 Å². The SMILES string of the molecule is CN1CC2CC1C1C(c3ccccc3)=NOC21. The molecule has 4 rings (SSSR count). The molecule has 1 aromatic carbocycles. The maximum Gasteiger partial charge on any atom is 0.141 e. The Bertz CT molecular complexity index is 470. The second-order valence-corrected chi connectivity index (χ2v) is 5.44. The Morgan fingerprint density at radius 3 is 2.94 bits per heavy atom. The summed E-state index contributed by atoms with van der Waals surface area (Å²) < 4.78 is 0. The van der Waals surface area contributed by atoms with Crippen LogP contribution in [0.4, 0.5) is 0 Å². The van der Waals surface area contributed by atoms with Crippen LogP contribution in [0.15, 0.2) is 35.5 Å². The molecule has 3 nitrogen and oxygen atoms in total. The molecule has 3 heteroatoms. The third-order valence-electron chi connectivity index (χ3n) is 4.52. The molecule has 0 aromatic heterocycles. The van der Waals surface area contributed by atoms with Gasteiger partial charge in [0.25, 0.3) is 0 Å². The lowest BCUT2D eigenvalue weighted by atomic mass is 9.88. The number of oxime groups is 1. The summed E-state index contributed by atoms with van der Waals surface area (Å²) >= 11 is 0. The van der Waals surface area contributed by atoms with Crippen molar-refractivity contribution in [2.75, 3.05) is 13.6 Å². The van der Waals surface area contributed by atoms with Gasteiger partial charge in [0.05, 0.1) is 11.6 Å². The smallest absolute Gasteiger partial charge is 0.141 e. The fourth-order valence-corrected chi connectivity index (χ4v) is 3.76. The summed E-state index contributed by atoms with van der Waals surface area (Å²) in [6.07, 6.45) is 1.61. The van der Waals surface area contributed by atoms with Gasteiger partial charge in [-0.05, 0) is 19.0 Å². The van der Waals surface area contributed by atoms with Gasteiger partial charge in [-0.2, -0.15) is 0 Å². The van der Waals surface area contributed by atoms with E-state index in [0.29, 0.717) is 24.0 Å². The van der Waals surface area contributed by atoms with E-state index in [4.69, 9.17) is 4.84 Å². The first-order chi connectivity index (χ1) is 8.34. The van der Waals surface area contributed by atoms with Gasteiger partial charge in [-0.25, -0.2) is 0 Å². The highest BCUT2D eigenvalue weighted by Crippen LogP contribution is 2.47. The average Bonchev–Trinajstić information content (AvgIpc) is 3.00. The van der Waals surface area contributed by atoms with Crippen LogP contribution in [-0.2, 0) is 4.84 Å². The molecule has 3 aliphatic rings. The predicted molar refractivity (Wildman–Crippen MR) is 65.9 cm³/mol. The van der Waals surface area contributed by atoms with Crippen molar-refractivity contribution >= 4 is 5.71 Å². The summed E-state index contributed by atoms with van der Waals surface area (Å²) in [7, 11) is 2.22. The van der Waals surface area contributed by atoms with E-state index in [2.05, 4.69) is 41.4 Å². The molecule has 4 unspecified atom stereocenters. The summed E-state index contributed by atoms with van der Waals surface area (Å²) in [5, 5.41) is 4.36. The molecule has 0 spiro atoms. The van der Waals surface area contributed by atoms with Gasteiger partial charge in [-0.15, -0.1) is 0 Å². The molecule has 1 saturated heterocycles. The predicted octanol–water partition coefficient (Wildman–Crippen LogP) is 1.74. The molecule has 0 amide bonds. The molecule has 88 valence electrons. The maximum atomic E-state index is 5.69. The Balaban J connectivity index is 1.71. The maximum absolute atomic E-state index is 5.69. The van der Waals surface area contributed by atoms with Gasteiger partial charge >= 0.3 is 0 Å². The molecule has 17 heavy (non-hydrogen) atoms. The van der Waals surface area contributed by atoms with Crippen molar-refractivity contribution in [3.63, 3.8) is 0 Å². The first kappa shape index (κ1) is 9.66. The van der Waals surface area contributed by atoms with Crippen LogP contribution >= 0.6 is 0 Å². The van der Waals surface area contributed by atoms with Crippen LogP contribution in [0, 0.1) is 11.8 Å². The molecular formula is C14H16N2O. The Labute approximate surface area is 101 Å². The van der Waals surface area contributed by atoms with Crippen molar-refractivity contribution in [2.45, 2.75) is 18.6 Å². The van der Waals surface area contributed by atoms with Gasteiger partial charge in [0.1, 0.15) is 6.10 Å². The molecule has 2 heterocycles. The van der Waals surface area contributed by atoms with Gasteiger partial charge in [-0.1, -0.05) is 35.5 Å². The zero-order valence-electron chi connectivity index (χ0n) is 9.91. The standard InChI is InChI=1S/C14H16N2O/c1-16-8-10-7-11(16)12-13(15-17-14(10)12)9-5-3-2-4-6-9/h2-6,10-12,14H,7-8H2,1H3. The van der Waals surface area contributed by atoms with Crippen molar-refractivity contribution in [3.8, 4) is 0 Å². The van der Waals surface area contributed by atoms with Crippen molar-refractivity contribution < 1.29 is 4.84 Å². The molecule has 1 saturated carbocycles. The lowest BCUT2D eigenvalue weighted by Gasteiger charge is -2.30. The van der Waals surface area contributed by atoms with Crippen LogP contribution < -0.4 is 0 Å². The minimum Gasteiger partial charge on any atom is -0.391 e. The van der Waals surface area contributed by atoms with E-state index in [1.807, 2.05) is 6.07 Å². The third-order valence-corrected chi connectivity index (χ3v) is 4.52. The lowest BCUT2D eigenvalue weighted by molar-refractivity contribution is 0.0121. The fraction of sp³-hybridized carbons (Fsp3) is 0.500. The number of benzene rings is 1. The number of fused-ring (bicyclic) bond motifs is 5. The molecule has 2 aliphatic heterocycles. The van der Waals surface area contributed by atoms with Gasteiger partial charge < -0.3 is 9.74 Å². The largest absolute Gasteiger partial charge is 0.391 e. The van der Waals surface area contributed by atoms with Crippen LogP contribution in [0.5, 0.6) is 0 Å². The van der Waals surface area contributed by atoms with E-state index in [-0.39, 0.29) is 0 Å². The number of likely N-dealkylation sites (tertiary alicyclic amines) is 1. The monoisotopic (exact) mass is 228 g/mol. The Morgan fingerprint density at radius 2 is 2.12 bits per heavy atom. The highest BCUT2D eigenvalue weighted by atomic mass is 16.6. The number of nitrogens with zero attached hydrogens (tertiary/aromatic N) is 2. The number of piperidine rings is 1. The quantitative estimate of drug-likeness (QED) is 0.731. The summed E-state index contributed by atoms with van der Waals surface area (Å²) in [6.45, 7) is 1.17. The van der Waals surface area contributed by atoms with E-state index in [1.54, 1.807) is 0 Å². The van der Waals surface area contributed by atoms with Crippen LogP contribution in [0.25, 0.3) is 0 Å². The van der Waals surface area contributed by atoms with E-state index in [0.717, 1.165) is 5.71 Å². The van der Waals surface area contributed by atoms with Gasteiger partial charge in [-0.3, -0.25) is 0 Å². The highest BCUT2D eigenvalue weighted by molar-refractivity contribution is 6.03. The van der Waals surface area contributed by atoms with E-state index < -0.39 is 0 Å². The Kier molecular flexibility index (Phi) is 1.89. The average molecular weight is 228 g/mol. The molecule has 1 aliphatic carbocycles. The number of rotatable bonds is 1. The Morgan fingerprint density at radius 1 is 1.29 bits per heavy atom. The van der Waals surface area contributed by atoms with Crippen molar-refractivity contribution in [3.05, 3.63) is 35.9 Å². The van der Waals surface area contributed by atoms with Crippen LogP contribution in [-0.4, -0.2) is 36.3 Å². The Hall–Kier alpha value is -1.35. The van der Waals surface area contributed by atoms with Crippen molar-refractivity contribution in [2.24, 2.45) is 17.0 Å². The fourth-order valence-electron chi connectivity index (χ4n) is 3.76. The van der Waals surface area contributed by atoms with Crippen molar-refractivity contribution in [1.82, 2.24) is 4.90 Å². The minimum absolute atomic E-state index is 0.339. The third kappa shape index (κ3) is 1.23. The van der Waals surface area contributed by atoms with Gasteiger partial charge in [0, 0.05) is 18.5 Å². The van der Waals surface area contributed by atoms with Gasteiger partial charge in [0.2, 0.25) is 0 Å². The zero-order valence-corrected chi connectivity index (χ0v) is 9.91. The van der Waals surface area contributed by atoms with Gasteiger partial charge in [0.15, 0.2) is 0 Å². The van der Waals surface area contributed by atoms with E-state index >= 15 is 0 Å².